The highest BCUT2D eigenvalue weighted by Crippen LogP contribution is 2.28. The molecule has 0 radical (unpaired) electrons. The van der Waals surface area contributed by atoms with Gasteiger partial charge in [-0.25, -0.2) is 4.39 Å². The van der Waals surface area contributed by atoms with Gasteiger partial charge in [-0.05, 0) is 35.9 Å². The van der Waals surface area contributed by atoms with Gasteiger partial charge in [0.05, 0.1) is 13.2 Å². The second kappa shape index (κ2) is 6.04. The molecule has 0 fully saturated rings. The zero-order valence-electron chi connectivity index (χ0n) is 10.4. The van der Waals surface area contributed by atoms with Crippen molar-refractivity contribution in [2.24, 2.45) is 0 Å². The second-order valence-electron chi connectivity index (χ2n) is 4.24. The monoisotopic (exact) mass is 280 g/mol. The van der Waals surface area contributed by atoms with Gasteiger partial charge < -0.3 is 9.84 Å². The van der Waals surface area contributed by atoms with E-state index < -0.39 is 11.9 Å². The quantitative estimate of drug-likeness (QED) is 0.924. The molecule has 2 rings (SSSR count). The number of hydrogen-bond acceptors (Lipinski definition) is 2. The van der Waals surface area contributed by atoms with Crippen molar-refractivity contribution in [3.05, 3.63) is 64.4 Å². The summed E-state index contributed by atoms with van der Waals surface area (Å²) in [6.45, 7) is 0. The Balaban J connectivity index is 2.24. The van der Waals surface area contributed by atoms with E-state index in [0.717, 1.165) is 5.56 Å². The summed E-state index contributed by atoms with van der Waals surface area (Å²) in [6.07, 6.45) is -0.496. The molecule has 1 unspecified atom stereocenters. The first-order valence-corrected chi connectivity index (χ1v) is 6.24. The van der Waals surface area contributed by atoms with E-state index in [9.17, 15) is 9.50 Å². The van der Waals surface area contributed by atoms with Crippen molar-refractivity contribution in [3.63, 3.8) is 0 Å². The molecule has 0 saturated heterocycles. The molecule has 1 atom stereocenters. The lowest BCUT2D eigenvalue weighted by atomic mass is 10.0. The average Bonchev–Trinajstić information content (AvgIpc) is 2.38. The summed E-state index contributed by atoms with van der Waals surface area (Å²) in [4.78, 5) is 0. The Labute approximate surface area is 116 Å². The summed E-state index contributed by atoms with van der Waals surface area (Å²) >= 11 is 5.89. The zero-order chi connectivity index (χ0) is 13.8. The third-order valence-corrected chi connectivity index (χ3v) is 3.10. The normalized spacial score (nSPS) is 12.2. The summed E-state index contributed by atoms with van der Waals surface area (Å²) in [5.74, 6) is 0.0665. The molecule has 19 heavy (non-hydrogen) atoms. The molecule has 2 aromatic carbocycles. The van der Waals surface area contributed by atoms with E-state index >= 15 is 0 Å². The molecule has 0 aliphatic heterocycles. The van der Waals surface area contributed by atoms with E-state index in [1.54, 1.807) is 12.1 Å². The number of hydrogen-bond donors (Lipinski definition) is 1. The fourth-order valence-electron chi connectivity index (χ4n) is 1.96. The van der Waals surface area contributed by atoms with Crippen LogP contribution in [0.3, 0.4) is 0 Å². The molecule has 0 saturated carbocycles. The van der Waals surface area contributed by atoms with Crippen LogP contribution in [-0.2, 0) is 6.42 Å². The number of aliphatic hydroxyl groups excluding tert-OH is 1. The van der Waals surface area contributed by atoms with E-state index in [1.165, 1.54) is 25.3 Å². The molecule has 0 amide bonds. The van der Waals surface area contributed by atoms with Crippen LogP contribution in [0.1, 0.15) is 17.2 Å². The van der Waals surface area contributed by atoms with Crippen LogP contribution in [0, 0.1) is 5.82 Å². The lowest BCUT2D eigenvalue weighted by Crippen LogP contribution is -2.04. The third kappa shape index (κ3) is 3.46. The third-order valence-electron chi connectivity index (χ3n) is 2.87. The smallest absolute Gasteiger partial charge is 0.124 e. The van der Waals surface area contributed by atoms with Crippen molar-refractivity contribution in [1.82, 2.24) is 0 Å². The predicted molar refractivity (Wildman–Crippen MR) is 73.1 cm³/mol. The minimum atomic E-state index is -0.843. The Hall–Kier alpha value is -1.58. The number of aliphatic hydroxyl groups is 1. The number of ether oxygens (including phenoxy) is 1. The Morgan fingerprint density at radius 1 is 1.26 bits per heavy atom. The second-order valence-corrected chi connectivity index (χ2v) is 4.67. The molecule has 2 aromatic rings. The molecular formula is C15H14ClFO2. The van der Waals surface area contributed by atoms with Crippen molar-refractivity contribution in [3.8, 4) is 5.75 Å². The molecule has 2 nitrogen and oxygen atoms in total. The van der Waals surface area contributed by atoms with Gasteiger partial charge in [0.25, 0.3) is 0 Å². The van der Waals surface area contributed by atoms with E-state index in [1.807, 2.05) is 12.1 Å². The summed E-state index contributed by atoms with van der Waals surface area (Å²) < 4.78 is 18.4. The summed E-state index contributed by atoms with van der Waals surface area (Å²) in [5, 5.41) is 10.8. The summed E-state index contributed by atoms with van der Waals surface area (Å²) in [5.41, 5.74) is 1.31. The van der Waals surface area contributed by atoms with E-state index in [0.29, 0.717) is 22.8 Å². The standard InChI is InChI=1S/C15H14ClFO2/c1-19-15-6-5-12(17)9-13(15)14(18)8-10-3-2-4-11(16)7-10/h2-7,9,14,18H,8H2,1H3. The maximum absolute atomic E-state index is 13.3. The van der Waals surface area contributed by atoms with Gasteiger partial charge in [-0.15, -0.1) is 0 Å². The van der Waals surface area contributed by atoms with Crippen LogP contribution in [0.4, 0.5) is 4.39 Å². The van der Waals surface area contributed by atoms with Gasteiger partial charge >= 0.3 is 0 Å². The summed E-state index contributed by atoms with van der Waals surface area (Å²) in [6, 6.07) is 11.3. The predicted octanol–water partition coefficient (Wildman–Crippen LogP) is 3.76. The maximum Gasteiger partial charge on any atom is 0.124 e. The van der Waals surface area contributed by atoms with Gasteiger partial charge in [-0.1, -0.05) is 23.7 Å². The molecular weight excluding hydrogens is 267 g/mol. The van der Waals surface area contributed by atoms with Crippen LogP contribution in [0.25, 0.3) is 0 Å². The molecule has 4 heteroatoms. The molecule has 0 aromatic heterocycles. The van der Waals surface area contributed by atoms with Gasteiger partial charge in [0, 0.05) is 17.0 Å². The maximum atomic E-state index is 13.3. The lowest BCUT2D eigenvalue weighted by Gasteiger charge is -2.15. The van der Waals surface area contributed by atoms with Crippen LogP contribution in [-0.4, -0.2) is 12.2 Å². The van der Waals surface area contributed by atoms with Crippen LogP contribution < -0.4 is 4.74 Å². The van der Waals surface area contributed by atoms with Crippen LogP contribution in [0.15, 0.2) is 42.5 Å². The topological polar surface area (TPSA) is 29.5 Å². The zero-order valence-corrected chi connectivity index (χ0v) is 11.2. The molecule has 1 N–H and O–H groups in total. The average molecular weight is 281 g/mol. The minimum Gasteiger partial charge on any atom is -0.496 e. The molecule has 0 bridgehead atoms. The fraction of sp³-hybridized carbons (Fsp3) is 0.200. The Morgan fingerprint density at radius 2 is 2.05 bits per heavy atom. The lowest BCUT2D eigenvalue weighted by molar-refractivity contribution is 0.173. The molecule has 0 aliphatic rings. The molecule has 0 spiro atoms. The van der Waals surface area contributed by atoms with Crippen molar-refractivity contribution in [1.29, 1.82) is 0 Å². The van der Waals surface area contributed by atoms with Crippen molar-refractivity contribution in [2.45, 2.75) is 12.5 Å². The minimum absolute atomic E-state index is 0.348. The van der Waals surface area contributed by atoms with Gasteiger partial charge in [-0.2, -0.15) is 0 Å². The van der Waals surface area contributed by atoms with E-state index in [2.05, 4.69) is 0 Å². The first-order valence-electron chi connectivity index (χ1n) is 5.86. The number of halogens is 2. The number of methoxy groups -OCH3 is 1. The SMILES string of the molecule is COc1ccc(F)cc1C(O)Cc1cccc(Cl)c1. The first kappa shape index (κ1) is 13.8. The summed E-state index contributed by atoms with van der Waals surface area (Å²) in [7, 11) is 1.49. The Morgan fingerprint density at radius 3 is 2.74 bits per heavy atom. The molecule has 0 heterocycles. The fourth-order valence-corrected chi connectivity index (χ4v) is 2.18. The molecule has 100 valence electrons. The Bertz CT molecular complexity index is 572. The molecule has 0 aliphatic carbocycles. The largest absolute Gasteiger partial charge is 0.496 e. The highest BCUT2D eigenvalue weighted by Gasteiger charge is 2.15. The van der Waals surface area contributed by atoms with Gasteiger partial charge in [0.15, 0.2) is 0 Å². The van der Waals surface area contributed by atoms with Crippen LogP contribution in [0.2, 0.25) is 5.02 Å². The van der Waals surface area contributed by atoms with Gasteiger partial charge in [0.1, 0.15) is 11.6 Å². The van der Waals surface area contributed by atoms with E-state index in [4.69, 9.17) is 16.3 Å². The highest BCUT2D eigenvalue weighted by molar-refractivity contribution is 6.30. The van der Waals surface area contributed by atoms with Crippen LogP contribution >= 0.6 is 11.6 Å². The van der Waals surface area contributed by atoms with Crippen molar-refractivity contribution in [2.75, 3.05) is 7.11 Å². The number of rotatable bonds is 4. The number of benzene rings is 2. The van der Waals surface area contributed by atoms with Crippen molar-refractivity contribution >= 4 is 11.6 Å². The highest BCUT2D eigenvalue weighted by atomic mass is 35.5. The van der Waals surface area contributed by atoms with Crippen molar-refractivity contribution < 1.29 is 14.2 Å². The first-order chi connectivity index (χ1) is 9.10. The van der Waals surface area contributed by atoms with Gasteiger partial charge in [-0.3, -0.25) is 0 Å². The van der Waals surface area contributed by atoms with Gasteiger partial charge in [0.2, 0.25) is 0 Å². The van der Waals surface area contributed by atoms with Crippen LogP contribution in [0.5, 0.6) is 5.75 Å². The van der Waals surface area contributed by atoms with E-state index in [-0.39, 0.29) is 0 Å². The Kier molecular flexibility index (Phi) is 4.40.